The zero-order valence-corrected chi connectivity index (χ0v) is 10.5. The van der Waals surface area contributed by atoms with Gasteiger partial charge in [0, 0.05) is 18.7 Å². The van der Waals surface area contributed by atoms with Crippen LogP contribution < -0.4 is 5.32 Å². The average Bonchev–Trinajstić information content (AvgIpc) is 2.71. The smallest absolute Gasteiger partial charge is 0.353 e. The van der Waals surface area contributed by atoms with E-state index in [4.69, 9.17) is 0 Å². The maximum absolute atomic E-state index is 11.9. The molecular weight excluding hydrogens is 257 g/mol. The van der Waals surface area contributed by atoms with Crippen LogP contribution >= 0.6 is 0 Å². The molecule has 0 aliphatic rings. The SMILES string of the molecule is Cc1cccc2nc(NCCCCC(F)(F)F)nn12. The molecule has 19 heavy (non-hydrogen) atoms. The van der Waals surface area contributed by atoms with E-state index >= 15 is 0 Å². The summed E-state index contributed by atoms with van der Waals surface area (Å²) in [5.41, 5.74) is 1.67. The molecule has 0 aromatic carbocycles. The quantitative estimate of drug-likeness (QED) is 0.850. The maximum Gasteiger partial charge on any atom is 0.389 e. The average molecular weight is 272 g/mol. The topological polar surface area (TPSA) is 42.2 Å². The van der Waals surface area contributed by atoms with E-state index in [1.54, 1.807) is 4.52 Å². The normalized spacial score (nSPS) is 12.0. The first-order chi connectivity index (χ1) is 8.96. The summed E-state index contributed by atoms with van der Waals surface area (Å²) in [6, 6.07) is 5.62. The Morgan fingerprint density at radius 1 is 1.26 bits per heavy atom. The van der Waals surface area contributed by atoms with Crippen molar-refractivity contribution in [2.45, 2.75) is 32.4 Å². The molecule has 0 spiro atoms. The highest BCUT2D eigenvalue weighted by atomic mass is 19.4. The van der Waals surface area contributed by atoms with E-state index in [9.17, 15) is 13.2 Å². The van der Waals surface area contributed by atoms with Crippen LogP contribution in [-0.4, -0.2) is 27.3 Å². The molecule has 0 radical (unpaired) electrons. The molecule has 104 valence electrons. The van der Waals surface area contributed by atoms with Crippen molar-refractivity contribution < 1.29 is 13.2 Å². The third-order valence-corrected chi connectivity index (χ3v) is 2.72. The number of hydrogen-bond donors (Lipinski definition) is 1. The van der Waals surface area contributed by atoms with Gasteiger partial charge >= 0.3 is 6.18 Å². The molecule has 2 aromatic rings. The number of halogens is 3. The number of anilines is 1. The molecule has 0 saturated carbocycles. The van der Waals surface area contributed by atoms with Crippen LogP contribution in [0.1, 0.15) is 25.0 Å². The minimum Gasteiger partial charge on any atom is -0.353 e. The largest absolute Gasteiger partial charge is 0.389 e. The fourth-order valence-corrected chi connectivity index (χ4v) is 1.76. The Kier molecular flexibility index (Phi) is 3.92. The van der Waals surface area contributed by atoms with Crippen LogP contribution in [0.25, 0.3) is 5.65 Å². The van der Waals surface area contributed by atoms with E-state index in [-0.39, 0.29) is 6.42 Å². The summed E-state index contributed by atoms with van der Waals surface area (Å²) in [6.07, 6.45) is -4.26. The van der Waals surface area contributed by atoms with Crippen molar-refractivity contribution in [2.24, 2.45) is 0 Å². The Balaban J connectivity index is 1.84. The van der Waals surface area contributed by atoms with E-state index in [0.29, 0.717) is 18.9 Å². The van der Waals surface area contributed by atoms with Gasteiger partial charge < -0.3 is 5.32 Å². The van der Waals surface area contributed by atoms with Gasteiger partial charge in [-0.2, -0.15) is 18.2 Å². The number of aromatic nitrogens is 3. The van der Waals surface area contributed by atoms with Gasteiger partial charge in [-0.05, 0) is 31.9 Å². The van der Waals surface area contributed by atoms with E-state index in [1.165, 1.54) is 0 Å². The second-order valence-corrected chi connectivity index (χ2v) is 4.37. The van der Waals surface area contributed by atoms with Gasteiger partial charge in [-0.25, -0.2) is 4.52 Å². The summed E-state index contributed by atoms with van der Waals surface area (Å²) in [4.78, 5) is 4.24. The zero-order chi connectivity index (χ0) is 13.9. The Morgan fingerprint density at radius 2 is 2.05 bits per heavy atom. The number of hydrogen-bond acceptors (Lipinski definition) is 3. The van der Waals surface area contributed by atoms with Gasteiger partial charge in [0.1, 0.15) is 0 Å². The number of nitrogens with one attached hydrogen (secondary N) is 1. The molecule has 2 aromatic heterocycles. The fraction of sp³-hybridized carbons (Fsp3) is 0.500. The van der Waals surface area contributed by atoms with E-state index in [1.807, 2.05) is 25.1 Å². The highest BCUT2D eigenvalue weighted by Gasteiger charge is 2.25. The predicted octanol–water partition coefficient (Wildman–Crippen LogP) is 3.18. The second kappa shape index (κ2) is 5.46. The minimum absolute atomic E-state index is 0.114. The van der Waals surface area contributed by atoms with Crippen molar-refractivity contribution in [3.05, 3.63) is 23.9 Å². The van der Waals surface area contributed by atoms with Gasteiger partial charge in [-0.1, -0.05) is 6.07 Å². The van der Waals surface area contributed by atoms with Gasteiger partial charge in [0.15, 0.2) is 5.65 Å². The predicted molar refractivity (Wildman–Crippen MR) is 66.1 cm³/mol. The Morgan fingerprint density at radius 3 is 2.74 bits per heavy atom. The molecule has 0 amide bonds. The number of alkyl halides is 3. The van der Waals surface area contributed by atoms with Crippen molar-refractivity contribution in [2.75, 3.05) is 11.9 Å². The first-order valence-electron chi connectivity index (χ1n) is 6.09. The third kappa shape index (κ3) is 3.84. The second-order valence-electron chi connectivity index (χ2n) is 4.37. The lowest BCUT2D eigenvalue weighted by Crippen LogP contribution is -2.09. The molecule has 4 nitrogen and oxygen atoms in total. The maximum atomic E-state index is 11.9. The molecule has 0 saturated heterocycles. The molecule has 0 fully saturated rings. The van der Waals surface area contributed by atoms with Crippen molar-refractivity contribution in [1.29, 1.82) is 0 Å². The van der Waals surface area contributed by atoms with Gasteiger partial charge in [0.2, 0.25) is 5.95 Å². The lowest BCUT2D eigenvalue weighted by Gasteiger charge is -2.05. The van der Waals surface area contributed by atoms with E-state index in [2.05, 4.69) is 15.4 Å². The zero-order valence-electron chi connectivity index (χ0n) is 10.5. The molecule has 2 rings (SSSR count). The summed E-state index contributed by atoms with van der Waals surface area (Å²) < 4.78 is 37.5. The van der Waals surface area contributed by atoms with Gasteiger partial charge in [-0.3, -0.25) is 0 Å². The number of pyridine rings is 1. The van der Waals surface area contributed by atoms with Crippen molar-refractivity contribution >= 4 is 11.6 Å². The van der Waals surface area contributed by atoms with Crippen LogP contribution in [0, 0.1) is 6.92 Å². The van der Waals surface area contributed by atoms with Gasteiger partial charge in [0.25, 0.3) is 0 Å². The number of nitrogens with zero attached hydrogens (tertiary/aromatic N) is 3. The lowest BCUT2D eigenvalue weighted by atomic mass is 10.2. The molecule has 0 unspecified atom stereocenters. The summed E-state index contributed by atoms with van der Waals surface area (Å²) in [6.45, 7) is 2.35. The van der Waals surface area contributed by atoms with Crippen molar-refractivity contribution in [3.63, 3.8) is 0 Å². The first-order valence-corrected chi connectivity index (χ1v) is 6.09. The summed E-state index contributed by atoms with van der Waals surface area (Å²) in [5, 5.41) is 7.17. The molecule has 1 N–H and O–H groups in total. The first kappa shape index (κ1) is 13.6. The van der Waals surface area contributed by atoms with Crippen LogP contribution in [0.3, 0.4) is 0 Å². The van der Waals surface area contributed by atoms with Crippen LogP contribution in [0.15, 0.2) is 18.2 Å². The number of fused-ring (bicyclic) bond motifs is 1. The standard InChI is InChI=1S/C12H15F3N4/c1-9-5-4-6-10-17-11(18-19(9)10)16-8-3-2-7-12(13,14)15/h4-6H,2-3,7-8H2,1H3,(H,16,18). The minimum atomic E-state index is -4.07. The summed E-state index contributed by atoms with van der Waals surface area (Å²) >= 11 is 0. The Labute approximate surface area is 108 Å². The van der Waals surface area contributed by atoms with E-state index in [0.717, 1.165) is 11.3 Å². The molecule has 0 aliphatic heterocycles. The summed E-state index contributed by atoms with van der Waals surface area (Å²) in [7, 11) is 0. The summed E-state index contributed by atoms with van der Waals surface area (Å²) in [5.74, 6) is 0.446. The molecule has 7 heteroatoms. The van der Waals surface area contributed by atoms with Crippen LogP contribution in [0.4, 0.5) is 19.1 Å². The third-order valence-electron chi connectivity index (χ3n) is 2.72. The van der Waals surface area contributed by atoms with Gasteiger partial charge in [0.05, 0.1) is 0 Å². The monoisotopic (exact) mass is 272 g/mol. The molecule has 2 heterocycles. The highest BCUT2D eigenvalue weighted by Crippen LogP contribution is 2.22. The van der Waals surface area contributed by atoms with Crippen LogP contribution in [-0.2, 0) is 0 Å². The van der Waals surface area contributed by atoms with Gasteiger partial charge in [-0.15, -0.1) is 5.10 Å². The Bertz CT molecular complexity index is 547. The molecule has 0 bridgehead atoms. The van der Waals surface area contributed by atoms with Crippen molar-refractivity contribution in [1.82, 2.24) is 14.6 Å². The van der Waals surface area contributed by atoms with E-state index < -0.39 is 12.6 Å². The number of unbranched alkanes of at least 4 members (excludes halogenated alkanes) is 1. The molecular formula is C12H15F3N4. The van der Waals surface area contributed by atoms with Crippen LogP contribution in [0.2, 0.25) is 0 Å². The number of aryl methyl sites for hydroxylation is 1. The molecule has 0 aliphatic carbocycles. The van der Waals surface area contributed by atoms with Crippen LogP contribution in [0.5, 0.6) is 0 Å². The highest BCUT2D eigenvalue weighted by molar-refractivity contribution is 5.44. The Hall–Kier alpha value is -1.79. The fourth-order valence-electron chi connectivity index (χ4n) is 1.76. The molecule has 0 atom stereocenters. The number of rotatable bonds is 5. The lowest BCUT2D eigenvalue weighted by molar-refractivity contribution is -0.135. The van der Waals surface area contributed by atoms with Crippen molar-refractivity contribution in [3.8, 4) is 0 Å².